The number of aromatic nitrogens is 2. The molecule has 13 heteroatoms. The van der Waals surface area contributed by atoms with Crippen molar-refractivity contribution in [3.63, 3.8) is 0 Å². The van der Waals surface area contributed by atoms with Crippen molar-refractivity contribution in [2.75, 3.05) is 18.4 Å². The molecule has 0 radical (unpaired) electrons. The van der Waals surface area contributed by atoms with Gasteiger partial charge in [0.05, 0.1) is 29.7 Å². The van der Waals surface area contributed by atoms with Gasteiger partial charge in [0.2, 0.25) is 11.8 Å². The smallest absolute Gasteiger partial charge is 0.407 e. The first kappa shape index (κ1) is 33.0. The largest absolute Gasteiger partial charge is 0.477 e. The van der Waals surface area contributed by atoms with E-state index in [4.69, 9.17) is 9.47 Å². The van der Waals surface area contributed by atoms with E-state index >= 15 is 0 Å². The first-order valence-electron chi connectivity index (χ1n) is 15.9. The monoisotopic (exact) mass is 672 g/mol. The number of hydrogen-bond acceptors (Lipinski definition) is 7. The normalized spacial score (nSPS) is 24.8. The van der Waals surface area contributed by atoms with Crippen LogP contribution < -0.4 is 14.8 Å². The second-order valence-corrected chi connectivity index (χ2v) is 14.9. The molecule has 3 aromatic rings. The molecule has 6 rings (SSSR count). The molecule has 1 amide bonds. The lowest BCUT2D eigenvalue weighted by Crippen LogP contribution is -2.40. The number of alkyl halides is 3. The molecule has 2 aromatic carbocycles. The summed E-state index contributed by atoms with van der Waals surface area (Å²) < 4.78 is 84.5. The fraction of sp³-hybridized carbons (Fsp3) is 0.500. The van der Waals surface area contributed by atoms with Crippen molar-refractivity contribution in [2.24, 2.45) is 17.3 Å². The number of aryl methyl sites for hydroxylation is 2. The number of ether oxygens (including phenoxy) is 2. The van der Waals surface area contributed by atoms with Gasteiger partial charge in [0, 0.05) is 23.6 Å². The zero-order chi connectivity index (χ0) is 33.6. The summed E-state index contributed by atoms with van der Waals surface area (Å²) in [5, 5.41) is 2.84. The summed E-state index contributed by atoms with van der Waals surface area (Å²) in [7, 11) is -2.88. The number of methoxy groups -OCH3 is 1. The highest BCUT2D eigenvalue weighted by molar-refractivity contribution is 7.92. The van der Waals surface area contributed by atoms with Gasteiger partial charge in [-0.25, -0.2) is 22.9 Å². The Kier molecular flexibility index (Phi) is 8.88. The van der Waals surface area contributed by atoms with Crippen molar-refractivity contribution >= 4 is 22.1 Å². The van der Waals surface area contributed by atoms with E-state index in [1.807, 2.05) is 32.0 Å². The zero-order valence-corrected chi connectivity index (χ0v) is 27.4. The summed E-state index contributed by atoms with van der Waals surface area (Å²) in [6, 6.07) is 13.7. The van der Waals surface area contributed by atoms with Crippen LogP contribution in [-0.4, -0.2) is 50.4 Å². The third-order valence-corrected chi connectivity index (χ3v) is 11.4. The van der Waals surface area contributed by atoms with E-state index in [1.165, 1.54) is 13.2 Å². The molecule has 2 N–H and O–H groups in total. The van der Waals surface area contributed by atoms with Crippen LogP contribution in [0, 0.1) is 31.1 Å². The van der Waals surface area contributed by atoms with Gasteiger partial charge >= 0.3 is 12.3 Å². The van der Waals surface area contributed by atoms with E-state index in [0.717, 1.165) is 16.7 Å². The van der Waals surface area contributed by atoms with Crippen LogP contribution in [0.3, 0.4) is 0 Å². The van der Waals surface area contributed by atoms with Gasteiger partial charge in [-0.3, -0.25) is 0 Å². The topological polar surface area (TPSA) is 120 Å². The van der Waals surface area contributed by atoms with Crippen LogP contribution in [0.5, 0.6) is 5.88 Å². The van der Waals surface area contributed by atoms with Gasteiger partial charge in [-0.05, 0) is 99.5 Å². The second kappa shape index (κ2) is 12.6. The van der Waals surface area contributed by atoms with E-state index < -0.39 is 39.5 Å². The predicted octanol–water partition coefficient (Wildman–Crippen LogP) is 7.30. The van der Waals surface area contributed by atoms with Gasteiger partial charge in [-0.1, -0.05) is 30.3 Å². The van der Waals surface area contributed by atoms with Crippen LogP contribution >= 0.6 is 0 Å². The summed E-state index contributed by atoms with van der Waals surface area (Å²) in [6.07, 6.45) is -2.50. The molecule has 0 spiro atoms. The first-order valence-corrected chi connectivity index (χ1v) is 17.4. The summed E-state index contributed by atoms with van der Waals surface area (Å²) in [6.45, 7) is 3.78. The lowest BCUT2D eigenvalue weighted by Gasteiger charge is -2.40. The number of rotatable bonds is 5. The van der Waals surface area contributed by atoms with Gasteiger partial charge in [0.25, 0.3) is 10.0 Å². The average molecular weight is 673 g/mol. The number of sulfonamides is 1. The maximum atomic E-state index is 14.5. The standard InChI is InChI=1S/C34H39F3N4O5S/c1-20-6-4-7-21(2)29(20)27-17-28-40-31(39-27)41-47(43,44)26-9-5-8-23(16-26)30(22-10-12-25(13-11-22)38-32(42)45-3)24(19-46-28)18-33(14-15-33)34(35,36)37/h4-9,16-17,22,24-25,30H,10-15,18-19H2,1-3H3,(H,38,42)(H,39,40,41)/t22-,24-,25-,30?/m1/s1. The third kappa shape index (κ3) is 6.90. The molecule has 47 heavy (non-hydrogen) atoms. The van der Waals surface area contributed by atoms with Gasteiger partial charge in [0.15, 0.2) is 0 Å². The molecule has 2 saturated carbocycles. The number of carbonyl (C=O) groups excluding carboxylic acids is 1. The molecule has 3 aliphatic rings. The number of hydrogen-bond donors (Lipinski definition) is 2. The van der Waals surface area contributed by atoms with Crippen LogP contribution in [0.4, 0.5) is 23.9 Å². The number of fused-ring (bicyclic) bond motifs is 4. The van der Waals surface area contributed by atoms with Crippen molar-refractivity contribution in [1.29, 1.82) is 0 Å². The highest BCUT2D eigenvalue weighted by atomic mass is 32.2. The predicted molar refractivity (Wildman–Crippen MR) is 170 cm³/mol. The highest BCUT2D eigenvalue weighted by Gasteiger charge is 2.64. The minimum Gasteiger partial charge on any atom is -0.477 e. The van der Waals surface area contributed by atoms with Crippen LogP contribution in [0.2, 0.25) is 0 Å². The van der Waals surface area contributed by atoms with Gasteiger partial charge in [0.1, 0.15) is 0 Å². The Balaban J connectivity index is 1.44. The molecule has 9 nitrogen and oxygen atoms in total. The van der Waals surface area contributed by atoms with Crippen LogP contribution in [-0.2, 0) is 14.8 Å². The molecule has 4 bridgehead atoms. The van der Waals surface area contributed by atoms with E-state index in [1.54, 1.807) is 24.3 Å². The molecular weight excluding hydrogens is 633 g/mol. The maximum absolute atomic E-state index is 14.5. The van der Waals surface area contributed by atoms with Crippen LogP contribution in [0.25, 0.3) is 11.3 Å². The fourth-order valence-corrected chi connectivity index (χ4v) is 8.47. The first-order chi connectivity index (χ1) is 22.3. The van der Waals surface area contributed by atoms with E-state index in [0.29, 0.717) is 36.9 Å². The van der Waals surface area contributed by atoms with Crippen molar-refractivity contribution in [3.8, 4) is 17.1 Å². The van der Waals surface area contributed by atoms with Crippen molar-refractivity contribution < 1.29 is 35.9 Å². The molecule has 2 atom stereocenters. The molecule has 0 saturated heterocycles. The quantitative estimate of drug-likeness (QED) is 0.292. The summed E-state index contributed by atoms with van der Waals surface area (Å²) in [4.78, 5) is 20.7. The summed E-state index contributed by atoms with van der Waals surface area (Å²) >= 11 is 0. The molecule has 252 valence electrons. The van der Waals surface area contributed by atoms with Crippen molar-refractivity contribution in [1.82, 2.24) is 15.3 Å². The molecular formula is C34H39F3N4O5S. The van der Waals surface area contributed by atoms with Gasteiger partial charge in [-0.15, -0.1) is 0 Å². The van der Waals surface area contributed by atoms with Crippen LogP contribution in [0.1, 0.15) is 67.6 Å². The Morgan fingerprint density at radius 1 is 1.04 bits per heavy atom. The Labute approximate surface area is 272 Å². The number of halogens is 3. The Hall–Kier alpha value is -3.87. The number of nitrogens with one attached hydrogen (secondary N) is 2. The van der Waals surface area contributed by atoms with Gasteiger partial charge < -0.3 is 14.8 Å². The summed E-state index contributed by atoms with van der Waals surface area (Å²) in [5.41, 5.74) is 1.88. The fourth-order valence-electron chi connectivity index (χ4n) is 7.47. The molecule has 2 fully saturated rings. The lowest BCUT2D eigenvalue weighted by molar-refractivity contribution is -0.193. The number of benzene rings is 2. The van der Waals surface area contributed by atoms with Crippen molar-refractivity contribution in [3.05, 3.63) is 65.2 Å². The minimum atomic E-state index is -4.38. The molecule has 2 heterocycles. The molecule has 1 aromatic heterocycles. The summed E-state index contributed by atoms with van der Waals surface area (Å²) in [5.74, 6) is -1.25. The third-order valence-electron chi connectivity index (χ3n) is 10.1. The Morgan fingerprint density at radius 2 is 1.72 bits per heavy atom. The Morgan fingerprint density at radius 3 is 2.36 bits per heavy atom. The van der Waals surface area contributed by atoms with E-state index in [9.17, 15) is 26.4 Å². The Bertz CT molecular complexity index is 1730. The molecule has 1 aliphatic heterocycles. The number of nitrogens with zero attached hydrogens (tertiary/aromatic N) is 2. The van der Waals surface area contributed by atoms with Crippen molar-refractivity contribution in [2.45, 2.75) is 81.8 Å². The van der Waals surface area contributed by atoms with E-state index in [-0.39, 0.29) is 54.6 Å². The van der Waals surface area contributed by atoms with E-state index in [2.05, 4.69) is 20.0 Å². The van der Waals surface area contributed by atoms with Crippen LogP contribution in [0.15, 0.2) is 53.4 Å². The molecule has 2 aliphatic carbocycles. The number of amides is 1. The van der Waals surface area contributed by atoms with Gasteiger partial charge in [-0.2, -0.15) is 18.2 Å². The minimum absolute atomic E-state index is 0.0270. The number of anilines is 1. The number of alkyl carbamates (subject to hydrolysis) is 1. The zero-order valence-electron chi connectivity index (χ0n) is 26.6. The number of carbonyl (C=O) groups is 1. The maximum Gasteiger partial charge on any atom is 0.407 e. The average Bonchev–Trinajstić information content (AvgIpc) is 3.81. The lowest BCUT2D eigenvalue weighted by atomic mass is 9.68. The SMILES string of the molecule is COC(=O)N[C@H]1CC[C@H](C2c3cccc(c3)S(=O)(=O)Nc3nc(cc(-c4c(C)cccc4C)n3)OC[C@H]2CC2(C(F)(F)F)CC2)CC1. The molecule has 1 unspecified atom stereocenters. The second-order valence-electron chi connectivity index (χ2n) is 13.2. The highest BCUT2D eigenvalue weighted by Crippen LogP contribution is 2.63.